The van der Waals surface area contributed by atoms with Crippen LogP contribution in [0.4, 0.5) is 11.4 Å². The lowest BCUT2D eigenvalue weighted by Crippen LogP contribution is -2.32. The van der Waals surface area contributed by atoms with Crippen LogP contribution in [0.5, 0.6) is 0 Å². The van der Waals surface area contributed by atoms with Crippen molar-refractivity contribution in [2.45, 2.75) is 19.8 Å². The molecule has 0 aliphatic heterocycles. The second kappa shape index (κ2) is 8.49. The first kappa shape index (κ1) is 19.5. The molecule has 2 aromatic carbocycles. The lowest BCUT2D eigenvalue weighted by Gasteiger charge is -2.24. The minimum atomic E-state index is -3.41. The van der Waals surface area contributed by atoms with Crippen LogP contribution in [0.1, 0.15) is 18.4 Å². The maximum Gasteiger partial charge on any atom is 0.232 e. The van der Waals surface area contributed by atoms with Crippen LogP contribution in [-0.2, 0) is 14.8 Å². The SMILES string of the molecule is Cc1ccccc1N(CCCC(=O)Nc1ccccc1Br)S(C)(=O)=O. The van der Waals surface area contributed by atoms with E-state index < -0.39 is 10.0 Å². The number of benzene rings is 2. The van der Waals surface area contributed by atoms with Crippen molar-refractivity contribution >= 4 is 43.2 Å². The lowest BCUT2D eigenvalue weighted by molar-refractivity contribution is -0.116. The van der Waals surface area contributed by atoms with Gasteiger partial charge in [0.2, 0.25) is 15.9 Å². The first-order valence-electron chi connectivity index (χ1n) is 7.87. The van der Waals surface area contributed by atoms with Gasteiger partial charge in [0.05, 0.1) is 17.6 Å². The molecule has 1 amide bonds. The normalized spacial score (nSPS) is 11.2. The predicted molar refractivity (Wildman–Crippen MR) is 105 cm³/mol. The Morgan fingerprint density at radius 3 is 2.40 bits per heavy atom. The quantitative estimate of drug-likeness (QED) is 0.731. The molecule has 134 valence electrons. The molecule has 0 aliphatic carbocycles. The minimum Gasteiger partial charge on any atom is -0.325 e. The molecule has 0 radical (unpaired) electrons. The van der Waals surface area contributed by atoms with Crippen molar-refractivity contribution in [3.63, 3.8) is 0 Å². The van der Waals surface area contributed by atoms with E-state index in [-0.39, 0.29) is 18.9 Å². The molecule has 0 fully saturated rings. The zero-order valence-electron chi connectivity index (χ0n) is 14.2. The first-order valence-corrected chi connectivity index (χ1v) is 10.5. The third-order valence-electron chi connectivity index (χ3n) is 3.70. The fraction of sp³-hybridized carbons (Fsp3) is 0.278. The summed E-state index contributed by atoms with van der Waals surface area (Å²) in [4.78, 5) is 12.1. The van der Waals surface area contributed by atoms with E-state index in [9.17, 15) is 13.2 Å². The van der Waals surface area contributed by atoms with E-state index in [0.29, 0.717) is 17.8 Å². The van der Waals surface area contributed by atoms with Gasteiger partial charge in [-0.1, -0.05) is 30.3 Å². The van der Waals surface area contributed by atoms with E-state index in [1.54, 1.807) is 18.2 Å². The summed E-state index contributed by atoms with van der Waals surface area (Å²) in [6.45, 7) is 2.13. The zero-order chi connectivity index (χ0) is 18.4. The number of nitrogens with one attached hydrogen (secondary N) is 1. The molecule has 0 saturated heterocycles. The molecule has 2 rings (SSSR count). The van der Waals surface area contributed by atoms with Crippen molar-refractivity contribution in [2.75, 3.05) is 22.4 Å². The van der Waals surface area contributed by atoms with Gasteiger partial charge in [0.1, 0.15) is 0 Å². The minimum absolute atomic E-state index is 0.148. The second-order valence-corrected chi connectivity index (χ2v) is 8.51. The number of halogens is 1. The monoisotopic (exact) mass is 424 g/mol. The molecule has 0 atom stereocenters. The van der Waals surface area contributed by atoms with Gasteiger partial charge in [-0.15, -0.1) is 0 Å². The summed E-state index contributed by atoms with van der Waals surface area (Å²) in [6.07, 6.45) is 1.84. The van der Waals surface area contributed by atoms with Gasteiger partial charge in [0, 0.05) is 17.4 Å². The topological polar surface area (TPSA) is 66.5 Å². The van der Waals surface area contributed by atoms with Crippen molar-refractivity contribution in [1.82, 2.24) is 0 Å². The molecule has 7 heteroatoms. The molecular weight excluding hydrogens is 404 g/mol. The van der Waals surface area contributed by atoms with Crippen molar-refractivity contribution in [2.24, 2.45) is 0 Å². The Kier molecular flexibility index (Phi) is 6.61. The Hall–Kier alpha value is -1.86. The van der Waals surface area contributed by atoms with Crippen molar-refractivity contribution in [3.05, 3.63) is 58.6 Å². The highest BCUT2D eigenvalue weighted by Crippen LogP contribution is 2.23. The third-order valence-corrected chi connectivity index (χ3v) is 5.57. The van der Waals surface area contributed by atoms with Crippen LogP contribution >= 0.6 is 15.9 Å². The van der Waals surface area contributed by atoms with Gasteiger partial charge in [-0.3, -0.25) is 9.10 Å². The maximum atomic E-state index is 12.1. The van der Waals surface area contributed by atoms with Crippen LogP contribution < -0.4 is 9.62 Å². The Morgan fingerprint density at radius 1 is 1.12 bits per heavy atom. The molecule has 0 saturated carbocycles. The smallest absolute Gasteiger partial charge is 0.232 e. The molecular formula is C18H21BrN2O3S. The van der Waals surface area contributed by atoms with E-state index in [2.05, 4.69) is 21.2 Å². The standard InChI is InChI=1S/C18H21BrN2O3S/c1-14-8-3-6-11-17(14)21(25(2,23)24)13-7-12-18(22)20-16-10-5-4-9-15(16)19/h3-6,8-11H,7,12-13H2,1-2H3,(H,20,22). The number of sulfonamides is 1. The van der Waals surface area contributed by atoms with Gasteiger partial charge < -0.3 is 5.32 Å². The number of nitrogens with zero attached hydrogens (tertiary/aromatic N) is 1. The van der Waals surface area contributed by atoms with Crippen LogP contribution in [0.3, 0.4) is 0 Å². The van der Waals surface area contributed by atoms with E-state index in [4.69, 9.17) is 0 Å². The van der Waals surface area contributed by atoms with Crippen LogP contribution in [0.25, 0.3) is 0 Å². The molecule has 25 heavy (non-hydrogen) atoms. The van der Waals surface area contributed by atoms with Crippen molar-refractivity contribution < 1.29 is 13.2 Å². The molecule has 0 heterocycles. The highest BCUT2D eigenvalue weighted by Gasteiger charge is 2.19. The van der Waals surface area contributed by atoms with Gasteiger partial charge in [0.25, 0.3) is 0 Å². The van der Waals surface area contributed by atoms with Gasteiger partial charge in [-0.05, 0) is 53.0 Å². The molecule has 0 spiro atoms. The fourth-order valence-corrected chi connectivity index (χ4v) is 3.87. The average Bonchev–Trinajstić information content (AvgIpc) is 2.54. The zero-order valence-corrected chi connectivity index (χ0v) is 16.6. The summed E-state index contributed by atoms with van der Waals surface area (Å²) in [6, 6.07) is 14.7. The van der Waals surface area contributed by atoms with E-state index in [0.717, 1.165) is 10.0 Å². The van der Waals surface area contributed by atoms with Gasteiger partial charge in [-0.25, -0.2) is 8.42 Å². The van der Waals surface area contributed by atoms with Crippen LogP contribution in [-0.4, -0.2) is 27.1 Å². The molecule has 0 unspecified atom stereocenters. The summed E-state index contributed by atoms with van der Waals surface area (Å²) in [5.41, 5.74) is 2.23. The third kappa shape index (κ3) is 5.57. The van der Waals surface area contributed by atoms with Crippen LogP contribution in [0.2, 0.25) is 0 Å². The Labute approximate surface area is 157 Å². The number of amides is 1. The fourth-order valence-electron chi connectivity index (χ4n) is 2.47. The molecule has 5 nitrogen and oxygen atoms in total. The molecule has 0 aliphatic rings. The second-order valence-electron chi connectivity index (χ2n) is 5.75. The number of aryl methyl sites for hydroxylation is 1. The number of hydrogen-bond donors (Lipinski definition) is 1. The number of para-hydroxylation sites is 2. The largest absolute Gasteiger partial charge is 0.325 e. The van der Waals surface area contributed by atoms with Gasteiger partial charge in [-0.2, -0.15) is 0 Å². The number of carbonyl (C=O) groups is 1. The van der Waals surface area contributed by atoms with E-state index in [1.165, 1.54) is 10.6 Å². The molecule has 1 N–H and O–H groups in total. The van der Waals surface area contributed by atoms with Gasteiger partial charge in [0.15, 0.2) is 0 Å². The number of hydrogen-bond acceptors (Lipinski definition) is 3. The lowest BCUT2D eigenvalue weighted by atomic mass is 10.2. The Balaban J connectivity index is 1.99. The number of anilines is 2. The summed E-state index contributed by atoms with van der Waals surface area (Å²) >= 11 is 3.38. The Morgan fingerprint density at radius 2 is 1.76 bits per heavy atom. The number of rotatable bonds is 7. The van der Waals surface area contributed by atoms with E-state index in [1.807, 2.05) is 37.3 Å². The maximum absolute atomic E-state index is 12.1. The Bertz CT molecular complexity index is 853. The molecule has 2 aromatic rings. The van der Waals surface area contributed by atoms with Crippen LogP contribution in [0, 0.1) is 6.92 Å². The van der Waals surface area contributed by atoms with Crippen molar-refractivity contribution in [1.29, 1.82) is 0 Å². The highest BCUT2D eigenvalue weighted by atomic mass is 79.9. The predicted octanol–water partition coefficient (Wildman–Crippen LogP) is 3.94. The van der Waals surface area contributed by atoms with Gasteiger partial charge >= 0.3 is 0 Å². The summed E-state index contributed by atoms with van der Waals surface area (Å²) in [5.74, 6) is -0.148. The average molecular weight is 425 g/mol. The number of carbonyl (C=O) groups excluding carboxylic acids is 1. The summed E-state index contributed by atoms with van der Waals surface area (Å²) < 4.78 is 26.4. The highest BCUT2D eigenvalue weighted by molar-refractivity contribution is 9.10. The summed E-state index contributed by atoms with van der Waals surface area (Å²) in [5, 5.41) is 2.82. The van der Waals surface area contributed by atoms with E-state index >= 15 is 0 Å². The molecule has 0 bridgehead atoms. The van der Waals surface area contributed by atoms with Crippen molar-refractivity contribution in [3.8, 4) is 0 Å². The summed E-state index contributed by atoms with van der Waals surface area (Å²) in [7, 11) is -3.41. The first-order chi connectivity index (χ1) is 11.8. The van der Waals surface area contributed by atoms with Crippen LogP contribution in [0.15, 0.2) is 53.0 Å². The molecule has 0 aromatic heterocycles.